The summed E-state index contributed by atoms with van der Waals surface area (Å²) in [7, 11) is 1.67. The highest BCUT2D eigenvalue weighted by Gasteiger charge is 2.20. The molecule has 31 heavy (non-hydrogen) atoms. The van der Waals surface area contributed by atoms with Crippen molar-refractivity contribution in [3.63, 3.8) is 0 Å². The summed E-state index contributed by atoms with van der Waals surface area (Å²) in [6.07, 6.45) is 9.79. The summed E-state index contributed by atoms with van der Waals surface area (Å²) >= 11 is 0. The van der Waals surface area contributed by atoms with Crippen molar-refractivity contribution in [3.05, 3.63) is 77.9 Å². The Morgan fingerprint density at radius 2 is 1.84 bits per heavy atom. The van der Waals surface area contributed by atoms with E-state index in [1.54, 1.807) is 19.5 Å². The predicted molar refractivity (Wildman–Crippen MR) is 116 cm³/mol. The molecule has 0 unspecified atom stereocenters. The second-order valence-corrected chi connectivity index (χ2v) is 7.62. The topological polar surface area (TPSA) is 81.9 Å². The van der Waals surface area contributed by atoms with Crippen molar-refractivity contribution in [1.29, 1.82) is 0 Å². The fourth-order valence-corrected chi connectivity index (χ4v) is 3.89. The molecule has 8 nitrogen and oxygen atoms in total. The summed E-state index contributed by atoms with van der Waals surface area (Å²) in [5.74, 6) is 1.52. The Bertz CT molecular complexity index is 1190. The molecule has 0 fully saturated rings. The van der Waals surface area contributed by atoms with Gasteiger partial charge in [0.05, 0.1) is 30.3 Å². The minimum atomic E-state index is 0.685. The number of hydrogen-bond donors (Lipinski definition) is 0. The van der Waals surface area contributed by atoms with Crippen molar-refractivity contribution in [2.24, 2.45) is 0 Å². The van der Waals surface area contributed by atoms with E-state index >= 15 is 0 Å². The van der Waals surface area contributed by atoms with Crippen LogP contribution in [0.2, 0.25) is 0 Å². The van der Waals surface area contributed by atoms with E-state index in [1.807, 2.05) is 41.3 Å². The van der Waals surface area contributed by atoms with Crippen LogP contribution >= 0.6 is 0 Å². The molecule has 0 atom stereocenters. The molecule has 0 saturated heterocycles. The second kappa shape index (κ2) is 8.23. The SMILES string of the molecule is COc1ccc(-n2ncc(CN3CCc4nc(-c5cncnc5)ncc4C3)c2C)cc1. The van der Waals surface area contributed by atoms with Gasteiger partial charge < -0.3 is 4.74 Å². The second-order valence-electron chi connectivity index (χ2n) is 7.62. The quantitative estimate of drug-likeness (QED) is 0.497. The molecule has 0 amide bonds. The molecule has 0 saturated carbocycles. The number of rotatable bonds is 5. The Hall–Kier alpha value is -3.65. The lowest BCUT2D eigenvalue weighted by molar-refractivity contribution is 0.242. The number of methoxy groups -OCH3 is 1. The number of benzene rings is 1. The van der Waals surface area contributed by atoms with Gasteiger partial charge in [0.2, 0.25) is 0 Å². The third-order valence-electron chi connectivity index (χ3n) is 5.65. The molecular weight excluding hydrogens is 390 g/mol. The van der Waals surface area contributed by atoms with Crippen LogP contribution in [-0.2, 0) is 19.5 Å². The number of ether oxygens (including phenoxy) is 1. The van der Waals surface area contributed by atoms with Crippen molar-refractivity contribution in [3.8, 4) is 22.8 Å². The zero-order chi connectivity index (χ0) is 21.2. The normalized spacial score (nSPS) is 13.7. The Morgan fingerprint density at radius 1 is 1.03 bits per heavy atom. The number of aromatic nitrogens is 6. The smallest absolute Gasteiger partial charge is 0.162 e. The van der Waals surface area contributed by atoms with Gasteiger partial charge in [-0.1, -0.05) is 0 Å². The molecule has 4 heterocycles. The zero-order valence-electron chi connectivity index (χ0n) is 17.6. The summed E-state index contributed by atoms with van der Waals surface area (Å²) in [5.41, 5.74) is 6.52. The molecule has 5 rings (SSSR count). The van der Waals surface area contributed by atoms with Crippen LogP contribution in [0, 0.1) is 6.92 Å². The first-order valence-corrected chi connectivity index (χ1v) is 10.2. The van der Waals surface area contributed by atoms with Crippen molar-refractivity contribution in [1.82, 2.24) is 34.6 Å². The largest absolute Gasteiger partial charge is 0.497 e. The summed E-state index contributed by atoms with van der Waals surface area (Å²) in [6, 6.07) is 7.94. The standard InChI is InChI=1S/C23H23N7O/c1-16-18(12-27-30(16)20-3-5-21(31-2)6-4-20)13-29-8-7-22-19(14-29)11-26-23(28-22)17-9-24-15-25-10-17/h3-6,9-12,15H,7-8,13-14H2,1-2H3. The monoisotopic (exact) mass is 413 g/mol. The van der Waals surface area contributed by atoms with E-state index in [2.05, 4.69) is 31.9 Å². The van der Waals surface area contributed by atoms with Crippen molar-refractivity contribution in [2.75, 3.05) is 13.7 Å². The van der Waals surface area contributed by atoms with Gasteiger partial charge in [-0.25, -0.2) is 24.6 Å². The van der Waals surface area contributed by atoms with E-state index in [1.165, 1.54) is 17.5 Å². The maximum Gasteiger partial charge on any atom is 0.162 e. The molecule has 1 aromatic carbocycles. The number of hydrogen-bond acceptors (Lipinski definition) is 7. The highest BCUT2D eigenvalue weighted by Crippen LogP contribution is 2.23. The maximum absolute atomic E-state index is 5.25. The van der Waals surface area contributed by atoms with E-state index < -0.39 is 0 Å². The van der Waals surface area contributed by atoms with Gasteiger partial charge in [-0.05, 0) is 31.2 Å². The average molecular weight is 413 g/mol. The molecule has 0 aliphatic carbocycles. The molecule has 1 aliphatic heterocycles. The van der Waals surface area contributed by atoms with E-state index in [-0.39, 0.29) is 0 Å². The first-order chi connectivity index (χ1) is 15.2. The lowest BCUT2D eigenvalue weighted by Gasteiger charge is -2.27. The molecule has 8 heteroatoms. The van der Waals surface area contributed by atoms with Gasteiger partial charge in [-0.15, -0.1) is 0 Å². The number of fused-ring (bicyclic) bond motifs is 1. The highest BCUT2D eigenvalue weighted by molar-refractivity contribution is 5.52. The van der Waals surface area contributed by atoms with Gasteiger partial charge in [0, 0.05) is 61.5 Å². The van der Waals surface area contributed by atoms with Crippen LogP contribution < -0.4 is 4.74 Å². The molecule has 1 aliphatic rings. The van der Waals surface area contributed by atoms with Crippen LogP contribution in [-0.4, -0.2) is 48.3 Å². The van der Waals surface area contributed by atoms with Crippen LogP contribution in [0.3, 0.4) is 0 Å². The van der Waals surface area contributed by atoms with Crippen LogP contribution in [0.25, 0.3) is 17.1 Å². The van der Waals surface area contributed by atoms with Crippen LogP contribution in [0.5, 0.6) is 5.75 Å². The Balaban J connectivity index is 1.31. The first kappa shape index (κ1) is 19.3. The summed E-state index contributed by atoms with van der Waals surface area (Å²) < 4.78 is 7.23. The van der Waals surface area contributed by atoms with E-state index in [0.717, 1.165) is 54.4 Å². The van der Waals surface area contributed by atoms with Crippen LogP contribution in [0.1, 0.15) is 22.5 Å². The van der Waals surface area contributed by atoms with Crippen LogP contribution in [0.4, 0.5) is 0 Å². The third kappa shape index (κ3) is 3.89. The van der Waals surface area contributed by atoms with Crippen molar-refractivity contribution in [2.45, 2.75) is 26.4 Å². The summed E-state index contributed by atoms with van der Waals surface area (Å²) in [6.45, 7) is 4.73. The first-order valence-electron chi connectivity index (χ1n) is 10.2. The summed E-state index contributed by atoms with van der Waals surface area (Å²) in [5, 5.41) is 4.61. The van der Waals surface area contributed by atoms with Gasteiger partial charge in [0.1, 0.15) is 12.1 Å². The lowest BCUT2D eigenvalue weighted by Crippen LogP contribution is -2.31. The van der Waals surface area contributed by atoms with Crippen molar-refractivity contribution >= 4 is 0 Å². The average Bonchev–Trinajstić information content (AvgIpc) is 3.19. The van der Waals surface area contributed by atoms with Crippen molar-refractivity contribution < 1.29 is 4.74 Å². The Morgan fingerprint density at radius 3 is 2.61 bits per heavy atom. The zero-order valence-corrected chi connectivity index (χ0v) is 17.6. The predicted octanol–water partition coefficient (Wildman–Crippen LogP) is 2.99. The maximum atomic E-state index is 5.25. The minimum Gasteiger partial charge on any atom is -0.497 e. The molecule has 0 spiro atoms. The van der Waals surface area contributed by atoms with Gasteiger partial charge in [-0.2, -0.15) is 5.10 Å². The highest BCUT2D eigenvalue weighted by atomic mass is 16.5. The van der Waals surface area contributed by atoms with Gasteiger partial charge in [-0.3, -0.25) is 4.90 Å². The molecule has 156 valence electrons. The fraction of sp³-hybridized carbons (Fsp3) is 0.261. The van der Waals surface area contributed by atoms with Gasteiger partial charge >= 0.3 is 0 Å². The molecular formula is C23H23N7O. The Labute approximate surface area is 180 Å². The van der Waals surface area contributed by atoms with E-state index in [0.29, 0.717) is 5.82 Å². The minimum absolute atomic E-state index is 0.685. The fourth-order valence-electron chi connectivity index (χ4n) is 3.89. The number of nitrogens with zero attached hydrogens (tertiary/aromatic N) is 7. The third-order valence-corrected chi connectivity index (χ3v) is 5.65. The van der Waals surface area contributed by atoms with E-state index in [4.69, 9.17) is 9.72 Å². The Kier molecular flexibility index (Phi) is 5.13. The molecule has 0 bridgehead atoms. The van der Waals surface area contributed by atoms with E-state index in [9.17, 15) is 0 Å². The molecule has 0 N–H and O–H groups in total. The molecule has 0 radical (unpaired) electrons. The molecule has 3 aromatic heterocycles. The summed E-state index contributed by atoms with van der Waals surface area (Å²) in [4.78, 5) is 19.8. The lowest BCUT2D eigenvalue weighted by atomic mass is 10.1. The van der Waals surface area contributed by atoms with Crippen LogP contribution in [0.15, 0.2) is 55.4 Å². The van der Waals surface area contributed by atoms with Gasteiger partial charge in [0.15, 0.2) is 5.82 Å². The van der Waals surface area contributed by atoms with Gasteiger partial charge in [0.25, 0.3) is 0 Å². The molecule has 4 aromatic rings.